The summed E-state index contributed by atoms with van der Waals surface area (Å²) in [6, 6.07) is 19.7. The first-order chi connectivity index (χ1) is 15.5. The molecule has 4 heteroatoms. The highest BCUT2D eigenvalue weighted by molar-refractivity contribution is 6.30. The first kappa shape index (κ1) is 22.4. The first-order valence-corrected chi connectivity index (χ1v) is 11.6. The maximum Gasteiger partial charge on any atom is 0.119 e. The summed E-state index contributed by atoms with van der Waals surface area (Å²) in [7, 11) is 0. The molecule has 0 bridgehead atoms. The number of nitrogens with zero attached hydrogens (tertiary/aromatic N) is 2. The van der Waals surface area contributed by atoms with E-state index in [0.29, 0.717) is 6.61 Å². The third kappa shape index (κ3) is 5.91. The predicted molar refractivity (Wildman–Crippen MR) is 132 cm³/mol. The molecule has 3 nitrogen and oxygen atoms in total. The molecule has 1 aromatic heterocycles. The molecule has 0 saturated carbocycles. The Morgan fingerprint density at radius 2 is 1.56 bits per heavy atom. The van der Waals surface area contributed by atoms with Crippen LogP contribution in [0.4, 0.5) is 0 Å². The minimum absolute atomic E-state index is 0.0444. The summed E-state index contributed by atoms with van der Waals surface area (Å²) in [5.74, 6) is 7.20. The number of hydrogen-bond donors (Lipinski definition) is 0. The Morgan fingerprint density at radius 1 is 0.875 bits per heavy atom. The van der Waals surface area contributed by atoms with Crippen molar-refractivity contribution in [1.29, 1.82) is 0 Å². The van der Waals surface area contributed by atoms with E-state index in [9.17, 15) is 0 Å². The summed E-state index contributed by atoms with van der Waals surface area (Å²) in [6.07, 6.45) is 5.76. The summed E-state index contributed by atoms with van der Waals surface area (Å²) in [4.78, 5) is 7.02. The maximum absolute atomic E-state index is 6.09. The zero-order chi connectivity index (χ0) is 22.4. The van der Waals surface area contributed by atoms with Crippen LogP contribution in [0.5, 0.6) is 5.75 Å². The second kappa shape index (κ2) is 10.2. The third-order valence-electron chi connectivity index (χ3n) is 5.93. The highest BCUT2D eigenvalue weighted by Gasteiger charge is 2.28. The fraction of sp³-hybridized carbons (Fsp3) is 0.321. The van der Waals surface area contributed by atoms with Gasteiger partial charge in [0.25, 0.3) is 0 Å². The van der Waals surface area contributed by atoms with Gasteiger partial charge in [-0.05, 0) is 93.7 Å². The molecule has 164 valence electrons. The van der Waals surface area contributed by atoms with Crippen LogP contribution in [0, 0.1) is 11.8 Å². The summed E-state index contributed by atoms with van der Waals surface area (Å²) in [6.45, 7) is 7.55. The Bertz CT molecular complexity index is 1070. The lowest BCUT2D eigenvalue weighted by molar-refractivity contribution is 0.0515. The van der Waals surface area contributed by atoms with Crippen LogP contribution in [0.1, 0.15) is 44.4 Å². The molecule has 1 saturated heterocycles. The van der Waals surface area contributed by atoms with Gasteiger partial charge in [-0.3, -0.25) is 4.90 Å². The number of benzene rings is 2. The second-order valence-electron chi connectivity index (χ2n) is 8.86. The van der Waals surface area contributed by atoms with E-state index in [2.05, 4.69) is 35.6 Å². The van der Waals surface area contributed by atoms with Gasteiger partial charge in [0.1, 0.15) is 18.1 Å². The van der Waals surface area contributed by atoms with Crippen LogP contribution < -0.4 is 4.74 Å². The summed E-state index contributed by atoms with van der Waals surface area (Å²) in [5.41, 5.74) is 3.85. The quantitative estimate of drug-likeness (QED) is 0.423. The Balaban J connectivity index is 1.34. The van der Waals surface area contributed by atoms with E-state index in [-0.39, 0.29) is 5.54 Å². The lowest BCUT2D eigenvalue weighted by Crippen LogP contribution is -2.50. The normalized spacial score (nSPS) is 14.5. The molecule has 2 heterocycles. The van der Waals surface area contributed by atoms with Crippen molar-refractivity contribution < 1.29 is 4.74 Å². The van der Waals surface area contributed by atoms with Gasteiger partial charge in [0, 0.05) is 27.9 Å². The minimum atomic E-state index is 0.0444. The number of piperidine rings is 1. The van der Waals surface area contributed by atoms with Crippen molar-refractivity contribution in [1.82, 2.24) is 9.88 Å². The number of pyridine rings is 1. The molecule has 0 spiro atoms. The fourth-order valence-corrected chi connectivity index (χ4v) is 4.03. The molecule has 0 atom stereocenters. The Morgan fingerprint density at radius 3 is 2.22 bits per heavy atom. The smallest absolute Gasteiger partial charge is 0.119 e. The van der Waals surface area contributed by atoms with Gasteiger partial charge in [0.2, 0.25) is 0 Å². The molecule has 0 amide bonds. The van der Waals surface area contributed by atoms with Gasteiger partial charge in [-0.15, -0.1) is 0 Å². The molecule has 1 aliphatic rings. The van der Waals surface area contributed by atoms with Crippen molar-refractivity contribution in [2.75, 3.05) is 19.7 Å². The van der Waals surface area contributed by atoms with Gasteiger partial charge >= 0.3 is 0 Å². The zero-order valence-corrected chi connectivity index (χ0v) is 19.5. The molecule has 0 N–H and O–H groups in total. The fourth-order valence-electron chi connectivity index (χ4n) is 3.90. The Kier molecular flexibility index (Phi) is 7.15. The Labute approximate surface area is 196 Å². The topological polar surface area (TPSA) is 25.4 Å². The predicted octanol–water partition coefficient (Wildman–Crippen LogP) is 6.45. The number of aromatic nitrogens is 1. The van der Waals surface area contributed by atoms with Crippen LogP contribution in [0.15, 0.2) is 66.9 Å². The van der Waals surface area contributed by atoms with Crippen molar-refractivity contribution in [2.45, 2.75) is 38.6 Å². The van der Waals surface area contributed by atoms with Gasteiger partial charge in [-0.1, -0.05) is 42.1 Å². The van der Waals surface area contributed by atoms with Crippen molar-refractivity contribution in [3.05, 3.63) is 83.1 Å². The van der Waals surface area contributed by atoms with Crippen LogP contribution in [-0.4, -0.2) is 35.1 Å². The van der Waals surface area contributed by atoms with Gasteiger partial charge in [0.15, 0.2) is 0 Å². The van der Waals surface area contributed by atoms with Crippen LogP contribution in [0.3, 0.4) is 0 Å². The highest BCUT2D eigenvalue weighted by atomic mass is 35.5. The maximum atomic E-state index is 6.09. The van der Waals surface area contributed by atoms with Crippen LogP contribution in [-0.2, 0) is 0 Å². The lowest BCUT2D eigenvalue weighted by Gasteiger charge is -2.40. The number of rotatable bonds is 5. The van der Waals surface area contributed by atoms with E-state index in [1.165, 1.54) is 32.4 Å². The molecular formula is C28H29ClN2O. The summed E-state index contributed by atoms with van der Waals surface area (Å²) < 4.78 is 6.09. The zero-order valence-electron chi connectivity index (χ0n) is 18.8. The average molecular weight is 445 g/mol. The molecule has 0 unspecified atom stereocenters. The molecule has 32 heavy (non-hydrogen) atoms. The summed E-state index contributed by atoms with van der Waals surface area (Å²) >= 11 is 5.96. The van der Waals surface area contributed by atoms with E-state index < -0.39 is 0 Å². The molecule has 4 rings (SSSR count). The van der Waals surface area contributed by atoms with Crippen molar-refractivity contribution in [2.24, 2.45) is 0 Å². The molecule has 0 radical (unpaired) electrons. The highest BCUT2D eigenvalue weighted by Crippen LogP contribution is 2.23. The van der Waals surface area contributed by atoms with Gasteiger partial charge in [-0.2, -0.15) is 0 Å². The molecule has 1 fully saturated rings. The molecule has 1 aliphatic heterocycles. The molecule has 3 aromatic rings. The molecular weight excluding hydrogens is 416 g/mol. The van der Waals surface area contributed by atoms with Gasteiger partial charge in [0.05, 0.1) is 0 Å². The van der Waals surface area contributed by atoms with Gasteiger partial charge in [-0.25, -0.2) is 4.98 Å². The number of hydrogen-bond acceptors (Lipinski definition) is 3. The Hall–Kier alpha value is -2.80. The van der Waals surface area contributed by atoms with E-state index in [1.807, 2.05) is 66.9 Å². The van der Waals surface area contributed by atoms with E-state index in [4.69, 9.17) is 16.3 Å². The molecule has 2 aromatic carbocycles. The number of ether oxygens (including phenoxy) is 1. The van der Waals surface area contributed by atoms with Crippen molar-refractivity contribution in [3.63, 3.8) is 0 Å². The first-order valence-electron chi connectivity index (χ1n) is 11.2. The summed E-state index contributed by atoms with van der Waals surface area (Å²) in [5, 5.41) is 0.728. The van der Waals surface area contributed by atoms with Crippen molar-refractivity contribution >= 4 is 11.6 Å². The average Bonchev–Trinajstić information content (AvgIpc) is 2.84. The second-order valence-corrected chi connectivity index (χ2v) is 9.30. The number of likely N-dealkylation sites (tertiary alicyclic amines) is 1. The van der Waals surface area contributed by atoms with Crippen LogP contribution >= 0.6 is 11.6 Å². The lowest BCUT2D eigenvalue weighted by atomic mass is 9.99. The standard InChI is InChI=1S/C28H29ClN2O/c1-28(2,31-18-4-3-5-19-31)21-32-27-16-7-22(8-17-27)6-14-26-15-11-24(20-30-26)23-9-12-25(29)13-10-23/h7-13,15-17,20H,3-5,18-19,21H2,1-2H3. The van der Waals surface area contributed by atoms with E-state index in [1.54, 1.807) is 0 Å². The van der Waals surface area contributed by atoms with Gasteiger partial charge < -0.3 is 4.74 Å². The number of halogens is 1. The SMILES string of the molecule is CC(C)(COc1ccc(C#Cc2ccc(-c3ccc(Cl)cc3)cn2)cc1)N1CCCCC1. The van der Waals surface area contributed by atoms with Crippen LogP contribution in [0.2, 0.25) is 5.02 Å². The monoisotopic (exact) mass is 444 g/mol. The third-order valence-corrected chi connectivity index (χ3v) is 6.19. The van der Waals surface area contributed by atoms with Crippen molar-refractivity contribution in [3.8, 4) is 28.7 Å². The molecule has 0 aliphatic carbocycles. The largest absolute Gasteiger partial charge is 0.492 e. The van der Waals surface area contributed by atoms with E-state index in [0.717, 1.165) is 33.2 Å². The minimum Gasteiger partial charge on any atom is -0.492 e. The van der Waals surface area contributed by atoms with E-state index >= 15 is 0 Å². The van der Waals surface area contributed by atoms with Crippen LogP contribution in [0.25, 0.3) is 11.1 Å².